The molecule has 0 radical (unpaired) electrons. The van der Waals surface area contributed by atoms with Crippen LogP contribution in [0.2, 0.25) is 5.02 Å². The second-order valence-electron chi connectivity index (χ2n) is 6.98. The van der Waals surface area contributed by atoms with Gasteiger partial charge >= 0.3 is 0 Å². The Bertz CT molecular complexity index is 1050. The first-order chi connectivity index (χ1) is 14.0. The van der Waals surface area contributed by atoms with Crippen molar-refractivity contribution in [2.24, 2.45) is 5.73 Å². The van der Waals surface area contributed by atoms with Gasteiger partial charge in [-0.2, -0.15) is 0 Å². The highest BCUT2D eigenvalue weighted by molar-refractivity contribution is 7.17. The zero-order valence-corrected chi connectivity index (χ0v) is 17.2. The van der Waals surface area contributed by atoms with Crippen molar-refractivity contribution in [1.82, 2.24) is 4.90 Å². The molecule has 0 saturated heterocycles. The molecule has 148 valence electrons. The summed E-state index contributed by atoms with van der Waals surface area (Å²) in [5, 5.41) is 3.94. The van der Waals surface area contributed by atoms with Crippen LogP contribution in [0.1, 0.15) is 36.7 Å². The molecule has 2 aromatic carbocycles. The Labute approximate surface area is 178 Å². The lowest BCUT2D eigenvalue weighted by Gasteiger charge is -2.27. The number of fused-ring (bicyclic) bond motifs is 1. The number of anilines is 1. The average Bonchev–Trinajstić information content (AvgIpc) is 3.06. The molecule has 1 aliphatic heterocycles. The summed E-state index contributed by atoms with van der Waals surface area (Å²) in [6.07, 6.45) is 0.730. The first-order valence-electron chi connectivity index (χ1n) is 9.29. The zero-order chi connectivity index (χ0) is 20.4. The van der Waals surface area contributed by atoms with E-state index in [-0.39, 0.29) is 5.91 Å². The Morgan fingerprint density at radius 1 is 1.10 bits per heavy atom. The second-order valence-corrected chi connectivity index (χ2v) is 8.52. The molecule has 1 aromatic heterocycles. The molecule has 2 amide bonds. The molecule has 7 heteroatoms. The van der Waals surface area contributed by atoms with Crippen LogP contribution in [0.4, 0.5) is 5.00 Å². The number of nitrogens with zero attached hydrogens (tertiary/aromatic N) is 1. The predicted molar refractivity (Wildman–Crippen MR) is 117 cm³/mol. The minimum Gasteiger partial charge on any atom is -0.365 e. The Balaban J connectivity index is 1.56. The average molecular weight is 426 g/mol. The largest absolute Gasteiger partial charge is 0.365 e. The van der Waals surface area contributed by atoms with Crippen LogP contribution in [0, 0.1) is 0 Å². The number of nitrogens with two attached hydrogens (primary N) is 1. The molecule has 0 aliphatic carbocycles. The summed E-state index contributed by atoms with van der Waals surface area (Å²) in [7, 11) is 0. The minimum atomic E-state index is -0.509. The van der Waals surface area contributed by atoms with Crippen LogP contribution in [0.15, 0.2) is 54.6 Å². The lowest BCUT2D eigenvalue weighted by Crippen LogP contribution is -2.30. The van der Waals surface area contributed by atoms with Crippen LogP contribution >= 0.6 is 22.9 Å². The molecule has 4 rings (SSSR count). The third kappa shape index (κ3) is 4.34. The van der Waals surface area contributed by atoms with Gasteiger partial charge in [0.1, 0.15) is 5.00 Å². The van der Waals surface area contributed by atoms with E-state index in [1.165, 1.54) is 16.9 Å². The number of halogens is 1. The van der Waals surface area contributed by atoms with Gasteiger partial charge in [-0.05, 0) is 41.8 Å². The third-order valence-electron chi connectivity index (χ3n) is 4.96. The van der Waals surface area contributed by atoms with Crippen LogP contribution in [0.25, 0.3) is 0 Å². The SMILES string of the molecule is NC(=O)c1c(NC(=O)c2ccc(Cl)cc2)sc2c1CCN(Cc1ccccc1)C2. The Morgan fingerprint density at radius 2 is 1.83 bits per heavy atom. The number of hydrogen-bond acceptors (Lipinski definition) is 4. The Hall–Kier alpha value is -2.67. The van der Waals surface area contributed by atoms with Gasteiger partial charge in [0.15, 0.2) is 0 Å². The summed E-state index contributed by atoms with van der Waals surface area (Å²) >= 11 is 7.32. The molecule has 0 atom stereocenters. The maximum absolute atomic E-state index is 12.6. The number of thiophene rings is 1. The van der Waals surface area contributed by atoms with Gasteiger partial charge < -0.3 is 11.1 Å². The lowest BCUT2D eigenvalue weighted by molar-refractivity contribution is 0.0999. The lowest BCUT2D eigenvalue weighted by atomic mass is 10.0. The van der Waals surface area contributed by atoms with E-state index in [1.54, 1.807) is 24.3 Å². The van der Waals surface area contributed by atoms with E-state index in [2.05, 4.69) is 22.3 Å². The predicted octanol–water partition coefficient (Wildman–Crippen LogP) is 4.31. The van der Waals surface area contributed by atoms with Gasteiger partial charge in [0.2, 0.25) is 0 Å². The minimum absolute atomic E-state index is 0.288. The van der Waals surface area contributed by atoms with Crippen molar-refractivity contribution in [2.75, 3.05) is 11.9 Å². The van der Waals surface area contributed by atoms with E-state index < -0.39 is 5.91 Å². The normalized spacial score (nSPS) is 13.7. The van der Waals surface area contributed by atoms with Crippen molar-refractivity contribution in [2.45, 2.75) is 19.5 Å². The molecule has 3 N–H and O–H groups in total. The molecular weight excluding hydrogens is 406 g/mol. The van der Waals surface area contributed by atoms with Crippen molar-refractivity contribution in [3.63, 3.8) is 0 Å². The molecular formula is C22H20ClN3O2S. The summed E-state index contributed by atoms with van der Waals surface area (Å²) < 4.78 is 0. The number of carbonyl (C=O) groups excluding carboxylic acids is 2. The van der Waals surface area contributed by atoms with Gasteiger partial charge in [-0.25, -0.2) is 0 Å². The van der Waals surface area contributed by atoms with E-state index in [0.29, 0.717) is 21.2 Å². The van der Waals surface area contributed by atoms with Gasteiger partial charge in [0.05, 0.1) is 5.56 Å². The number of nitrogens with one attached hydrogen (secondary N) is 1. The van der Waals surface area contributed by atoms with Crippen molar-refractivity contribution in [3.05, 3.63) is 86.8 Å². The Kier molecular flexibility index (Phi) is 5.67. The van der Waals surface area contributed by atoms with Gasteiger partial charge in [0, 0.05) is 35.1 Å². The van der Waals surface area contributed by atoms with E-state index in [1.807, 2.05) is 18.2 Å². The van der Waals surface area contributed by atoms with Crippen LogP contribution < -0.4 is 11.1 Å². The fourth-order valence-electron chi connectivity index (χ4n) is 3.56. The molecule has 5 nitrogen and oxygen atoms in total. The summed E-state index contributed by atoms with van der Waals surface area (Å²) in [6, 6.07) is 16.9. The highest BCUT2D eigenvalue weighted by atomic mass is 35.5. The summed E-state index contributed by atoms with van der Waals surface area (Å²) in [6.45, 7) is 2.41. The fraction of sp³-hybridized carbons (Fsp3) is 0.182. The molecule has 1 aliphatic rings. The molecule has 3 aromatic rings. The Morgan fingerprint density at radius 3 is 2.52 bits per heavy atom. The van der Waals surface area contributed by atoms with E-state index in [0.717, 1.165) is 36.5 Å². The number of rotatable bonds is 5. The van der Waals surface area contributed by atoms with Gasteiger partial charge in [-0.1, -0.05) is 41.9 Å². The third-order valence-corrected chi connectivity index (χ3v) is 6.35. The van der Waals surface area contributed by atoms with Gasteiger partial charge in [0.25, 0.3) is 11.8 Å². The standard InChI is InChI=1S/C22H20ClN3O2S/c23-16-8-6-15(7-9-16)21(28)25-22-19(20(24)27)17-10-11-26(13-18(17)29-22)12-14-4-2-1-3-5-14/h1-9H,10-13H2,(H2,24,27)(H,25,28). The number of carbonyl (C=O) groups is 2. The van der Waals surface area contributed by atoms with Crippen LogP contribution in [-0.4, -0.2) is 23.3 Å². The molecule has 2 heterocycles. The maximum Gasteiger partial charge on any atom is 0.256 e. The summed E-state index contributed by atoms with van der Waals surface area (Å²) in [5.41, 5.74) is 8.78. The van der Waals surface area contributed by atoms with Gasteiger partial charge in [-0.15, -0.1) is 11.3 Å². The van der Waals surface area contributed by atoms with Crippen LogP contribution in [0.5, 0.6) is 0 Å². The van der Waals surface area contributed by atoms with E-state index >= 15 is 0 Å². The summed E-state index contributed by atoms with van der Waals surface area (Å²) in [4.78, 5) is 28.2. The molecule has 0 spiro atoms. The first kappa shape index (κ1) is 19.6. The smallest absolute Gasteiger partial charge is 0.256 e. The van der Waals surface area contributed by atoms with Crippen molar-refractivity contribution >= 4 is 39.8 Å². The van der Waals surface area contributed by atoms with Gasteiger partial charge in [-0.3, -0.25) is 14.5 Å². The van der Waals surface area contributed by atoms with Crippen LogP contribution in [-0.2, 0) is 19.5 Å². The topological polar surface area (TPSA) is 75.4 Å². The van der Waals surface area contributed by atoms with Crippen LogP contribution in [0.3, 0.4) is 0 Å². The van der Waals surface area contributed by atoms with Crippen molar-refractivity contribution in [1.29, 1.82) is 0 Å². The van der Waals surface area contributed by atoms with Crippen molar-refractivity contribution < 1.29 is 9.59 Å². The second kappa shape index (κ2) is 8.37. The molecule has 0 saturated carbocycles. The fourth-order valence-corrected chi connectivity index (χ4v) is 4.97. The quantitative estimate of drug-likeness (QED) is 0.639. The molecule has 0 fully saturated rings. The number of hydrogen-bond donors (Lipinski definition) is 2. The summed E-state index contributed by atoms with van der Waals surface area (Å²) in [5.74, 6) is -0.797. The number of amides is 2. The molecule has 0 bridgehead atoms. The number of primary amides is 1. The monoisotopic (exact) mass is 425 g/mol. The molecule has 0 unspecified atom stereocenters. The highest BCUT2D eigenvalue weighted by Crippen LogP contribution is 2.37. The van der Waals surface area contributed by atoms with E-state index in [9.17, 15) is 9.59 Å². The van der Waals surface area contributed by atoms with Crippen molar-refractivity contribution in [3.8, 4) is 0 Å². The number of benzene rings is 2. The molecule has 29 heavy (non-hydrogen) atoms. The maximum atomic E-state index is 12.6. The van der Waals surface area contributed by atoms with E-state index in [4.69, 9.17) is 17.3 Å². The zero-order valence-electron chi connectivity index (χ0n) is 15.7. The first-order valence-corrected chi connectivity index (χ1v) is 10.5. The highest BCUT2D eigenvalue weighted by Gasteiger charge is 2.27.